The molecule has 0 aromatic carbocycles. The lowest BCUT2D eigenvalue weighted by Crippen LogP contribution is -2.01. The van der Waals surface area contributed by atoms with Gasteiger partial charge in [-0.3, -0.25) is 0 Å². The molecule has 0 aliphatic rings. The molecular formula is C10H10N4. The Hall–Kier alpha value is -2.07. The van der Waals surface area contributed by atoms with Crippen LogP contribution >= 0.6 is 0 Å². The van der Waals surface area contributed by atoms with Gasteiger partial charge in [-0.15, -0.1) is 0 Å². The summed E-state index contributed by atoms with van der Waals surface area (Å²) in [5.41, 5.74) is 1.49. The summed E-state index contributed by atoms with van der Waals surface area (Å²) < 4.78 is 1.64. The van der Waals surface area contributed by atoms with E-state index in [1.54, 1.807) is 4.57 Å². The number of rotatable bonds is 3. The molecule has 14 heavy (non-hydrogen) atoms. The number of hydrogen-bond donors (Lipinski definition) is 0. The molecule has 0 spiro atoms. The van der Waals surface area contributed by atoms with Crippen LogP contribution in [0.25, 0.3) is 0 Å². The van der Waals surface area contributed by atoms with Crippen molar-refractivity contribution >= 4 is 0 Å². The van der Waals surface area contributed by atoms with Gasteiger partial charge in [-0.2, -0.15) is 10.5 Å². The van der Waals surface area contributed by atoms with Gasteiger partial charge < -0.3 is 4.57 Å². The van der Waals surface area contributed by atoms with Gasteiger partial charge in [-0.25, -0.2) is 4.98 Å². The highest BCUT2D eigenvalue weighted by Gasteiger charge is 2.09. The van der Waals surface area contributed by atoms with E-state index in [4.69, 9.17) is 10.5 Å². The van der Waals surface area contributed by atoms with Crippen LogP contribution in [0.2, 0.25) is 0 Å². The van der Waals surface area contributed by atoms with Gasteiger partial charge in [0.05, 0.1) is 6.33 Å². The first kappa shape index (κ1) is 10.0. The van der Waals surface area contributed by atoms with Crippen LogP contribution in [0, 0.1) is 22.7 Å². The van der Waals surface area contributed by atoms with Gasteiger partial charge in [0.1, 0.15) is 12.1 Å². The van der Waals surface area contributed by atoms with E-state index in [9.17, 15) is 0 Å². The molecule has 0 aliphatic heterocycles. The number of allylic oxidation sites excluding steroid dienone is 1. The molecule has 0 saturated carbocycles. The second-order valence-corrected chi connectivity index (χ2v) is 2.90. The molecule has 0 N–H and O–H groups in total. The van der Waals surface area contributed by atoms with E-state index in [-0.39, 0.29) is 5.69 Å². The minimum Gasteiger partial charge on any atom is -0.317 e. The summed E-state index contributed by atoms with van der Waals surface area (Å²) in [6, 6.07) is 3.84. The van der Waals surface area contributed by atoms with Crippen molar-refractivity contribution in [3.63, 3.8) is 0 Å². The minimum atomic E-state index is 0.177. The summed E-state index contributed by atoms with van der Waals surface area (Å²) in [4.78, 5) is 3.83. The number of imidazole rings is 1. The van der Waals surface area contributed by atoms with Crippen LogP contribution in [-0.2, 0) is 6.54 Å². The quantitative estimate of drug-likeness (QED) is 0.673. The smallest absolute Gasteiger partial charge is 0.176 e. The van der Waals surface area contributed by atoms with Gasteiger partial charge in [0, 0.05) is 6.54 Å². The van der Waals surface area contributed by atoms with E-state index in [1.807, 2.05) is 19.1 Å². The lowest BCUT2D eigenvalue weighted by Gasteiger charge is -2.03. The van der Waals surface area contributed by atoms with E-state index < -0.39 is 0 Å². The molecule has 0 atom stereocenters. The monoisotopic (exact) mass is 186 g/mol. The van der Waals surface area contributed by atoms with Gasteiger partial charge in [0.25, 0.3) is 0 Å². The SMILES string of the molecule is C=C(CC)Cn1cnc(C#N)c1C#N. The Morgan fingerprint density at radius 1 is 1.57 bits per heavy atom. The molecule has 1 aromatic heterocycles. The molecule has 1 rings (SSSR count). The Morgan fingerprint density at radius 2 is 2.29 bits per heavy atom. The molecule has 0 saturated heterocycles. The van der Waals surface area contributed by atoms with Crippen molar-refractivity contribution in [2.24, 2.45) is 0 Å². The molecule has 1 aromatic rings. The highest BCUT2D eigenvalue weighted by Crippen LogP contribution is 2.08. The summed E-state index contributed by atoms with van der Waals surface area (Å²) in [5.74, 6) is 0. The van der Waals surface area contributed by atoms with Crippen molar-refractivity contribution in [1.29, 1.82) is 10.5 Å². The Kier molecular flexibility index (Phi) is 3.04. The van der Waals surface area contributed by atoms with Crippen LogP contribution in [0.1, 0.15) is 24.7 Å². The first-order valence-electron chi connectivity index (χ1n) is 4.24. The normalized spacial score (nSPS) is 9.07. The third-order valence-corrected chi connectivity index (χ3v) is 1.94. The molecule has 0 bridgehead atoms. The molecule has 4 heteroatoms. The van der Waals surface area contributed by atoms with E-state index in [0.717, 1.165) is 12.0 Å². The first-order chi connectivity index (χ1) is 6.72. The van der Waals surface area contributed by atoms with Gasteiger partial charge in [0.2, 0.25) is 0 Å². The Morgan fingerprint density at radius 3 is 2.79 bits per heavy atom. The molecule has 1 heterocycles. The Labute approximate surface area is 82.7 Å². The highest BCUT2D eigenvalue weighted by molar-refractivity contribution is 5.36. The largest absolute Gasteiger partial charge is 0.317 e. The minimum absolute atomic E-state index is 0.177. The number of hydrogen-bond acceptors (Lipinski definition) is 3. The second kappa shape index (κ2) is 4.25. The maximum atomic E-state index is 8.81. The molecule has 0 amide bonds. The van der Waals surface area contributed by atoms with Gasteiger partial charge in [-0.05, 0) is 6.42 Å². The third-order valence-electron chi connectivity index (χ3n) is 1.94. The van der Waals surface area contributed by atoms with Gasteiger partial charge >= 0.3 is 0 Å². The second-order valence-electron chi connectivity index (χ2n) is 2.90. The van der Waals surface area contributed by atoms with Crippen LogP contribution < -0.4 is 0 Å². The molecule has 0 unspecified atom stereocenters. The molecule has 0 aliphatic carbocycles. The number of nitriles is 2. The average molecular weight is 186 g/mol. The number of aromatic nitrogens is 2. The molecule has 4 nitrogen and oxygen atoms in total. The van der Waals surface area contributed by atoms with Crippen molar-refractivity contribution in [3.05, 3.63) is 29.9 Å². The van der Waals surface area contributed by atoms with Crippen molar-refractivity contribution in [3.8, 4) is 12.1 Å². The number of nitrogens with zero attached hydrogens (tertiary/aromatic N) is 4. The van der Waals surface area contributed by atoms with Crippen LogP contribution in [-0.4, -0.2) is 9.55 Å². The van der Waals surface area contributed by atoms with Crippen molar-refractivity contribution in [2.45, 2.75) is 19.9 Å². The topological polar surface area (TPSA) is 65.4 Å². The standard InChI is InChI=1S/C10H10N4/c1-3-8(2)6-14-7-13-9(4-11)10(14)5-12/h7H,2-3,6H2,1H3. The molecule has 0 radical (unpaired) electrons. The maximum absolute atomic E-state index is 8.81. The summed E-state index contributed by atoms with van der Waals surface area (Å²) in [7, 11) is 0. The van der Waals surface area contributed by atoms with Crippen LogP contribution in [0.4, 0.5) is 0 Å². The van der Waals surface area contributed by atoms with Crippen LogP contribution in [0.5, 0.6) is 0 Å². The van der Waals surface area contributed by atoms with Gasteiger partial charge in [-0.1, -0.05) is 19.1 Å². The zero-order chi connectivity index (χ0) is 10.6. The summed E-state index contributed by atoms with van der Waals surface area (Å²) in [5, 5.41) is 17.5. The van der Waals surface area contributed by atoms with E-state index >= 15 is 0 Å². The zero-order valence-electron chi connectivity index (χ0n) is 7.99. The average Bonchev–Trinajstić information content (AvgIpc) is 2.59. The predicted molar refractivity (Wildman–Crippen MR) is 51.1 cm³/mol. The van der Waals surface area contributed by atoms with Crippen molar-refractivity contribution < 1.29 is 0 Å². The highest BCUT2D eigenvalue weighted by atomic mass is 15.1. The fourth-order valence-corrected chi connectivity index (χ4v) is 1.05. The van der Waals surface area contributed by atoms with E-state index in [2.05, 4.69) is 11.6 Å². The Bertz CT molecular complexity index is 428. The van der Waals surface area contributed by atoms with Gasteiger partial charge in [0.15, 0.2) is 11.4 Å². The van der Waals surface area contributed by atoms with Crippen molar-refractivity contribution in [1.82, 2.24) is 9.55 Å². The predicted octanol–water partition coefficient (Wildman–Crippen LogP) is 1.59. The summed E-state index contributed by atoms with van der Waals surface area (Å²) in [6.07, 6.45) is 2.35. The maximum Gasteiger partial charge on any atom is 0.176 e. The first-order valence-corrected chi connectivity index (χ1v) is 4.24. The molecule has 0 fully saturated rings. The van der Waals surface area contributed by atoms with E-state index in [0.29, 0.717) is 12.2 Å². The van der Waals surface area contributed by atoms with Crippen LogP contribution in [0.3, 0.4) is 0 Å². The lowest BCUT2D eigenvalue weighted by molar-refractivity contribution is 0.749. The van der Waals surface area contributed by atoms with E-state index in [1.165, 1.54) is 6.33 Å². The molecular weight excluding hydrogens is 176 g/mol. The summed E-state index contributed by atoms with van der Waals surface area (Å²) >= 11 is 0. The third kappa shape index (κ3) is 1.81. The Balaban J connectivity index is 3.01. The summed E-state index contributed by atoms with van der Waals surface area (Å²) in [6.45, 7) is 6.38. The lowest BCUT2D eigenvalue weighted by atomic mass is 10.2. The zero-order valence-corrected chi connectivity index (χ0v) is 7.99. The van der Waals surface area contributed by atoms with Crippen LogP contribution in [0.15, 0.2) is 18.5 Å². The van der Waals surface area contributed by atoms with Crippen molar-refractivity contribution in [2.75, 3.05) is 0 Å². The molecule has 70 valence electrons. The fraction of sp³-hybridized carbons (Fsp3) is 0.300. The fourth-order valence-electron chi connectivity index (χ4n) is 1.05.